The molecule has 4 rings (SSSR count). The van der Waals surface area contributed by atoms with Gasteiger partial charge in [0, 0.05) is 44.6 Å². The van der Waals surface area contributed by atoms with Crippen LogP contribution in [0.3, 0.4) is 0 Å². The highest BCUT2D eigenvalue weighted by atomic mass is 16.5. The number of ether oxygens (including phenoxy) is 1. The lowest BCUT2D eigenvalue weighted by molar-refractivity contribution is -0.136. The number of anilines is 2. The molecule has 2 heterocycles. The maximum Gasteiger partial charge on any atom is 0.313 e. The van der Waals surface area contributed by atoms with Crippen LogP contribution in [0, 0.1) is 6.92 Å². The Kier molecular flexibility index (Phi) is 6.53. The summed E-state index contributed by atoms with van der Waals surface area (Å²) in [4.78, 5) is 29.5. The maximum atomic E-state index is 12.5. The molecule has 7 nitrogen and oxygen atoms in total. The van der Waals surface area contributed by atoms with Crippen molar-refractivity contribution in [2.24, 2.45) is 0 Å². The molecule has 0 saturated carbocycles. The second kappa shape index (κ2) is 9.49. The molecule has 2 N–H and O–H groups in total. The first-order valence-electron chi connectivity index (χ1n) is 10.8. The van der Waals surface area contributed by atoms with E-state index in [0.29, 0.717) is 25.4 Å². The fraction of sp³-hybridized carbons (Fsp3) is 0.417. The molecule has 0 spiro atoms. The van der Waals surface area contributed by atoms with Crippen molar-refractivity contribution in [2.75, 3.05) is 56.7 Å². The van der Waals surface area contributed by atoms with Gasteiger partial charge in [-0.05, 0) is 42.2 Å². The van der Waals surface area contributed by atoms with Crippen molar-refractivity contribution >= 4 is 23.2 Å². The zero-order chi connectivity index (χ0) is 21.8. The number of nitrogens with one attached hydrogen (secondary N) is 2. The van der Waals surface area contributed by atoms with Crippen LogP contribution in [0.4, 0.5) is 11.4 Å². The lowest BCUT2D eigenvalue weighted by Crippen LogP contribution is -2.45. The molecule has 7 heteroatoms. The number of carbonyl (C=O) groups is 2. The Bertz CT molecular complexity index is 956. The monoisotopic (exact) mass is 422 g/mol. The fourth-order valence-electron chi connectivity index (χ4n) is 4.30. The third-order valence-electron chi connectivity index (χ3n) is 6.16. The SMILES string of the molecule is Cc1ccccc1NC(=O)C(=O)NC[C@H](c1ccc2c(c1)CCN2C)N1CCOCC1. The summed E-state index contributed by atoms with van der Waals surface area (Å²) in [6.45, 7) is 6.23. The van der Waals surface area contributed by atoms with Crippen LogP contribution in [0.15, 0.2) is 42.5 Å². The van der Waals surface area contributed by atoms with E-state index in [9.17, 15) is 9.59 Å². The number of hydrogen-bond acceptors (Lipinski definition) is 5. The Morgan fingerprint density at radius 1 is 1.06 bits per heavy atom. The van der Waals surface area contributed by atoms with Gasteiger partial charge < -0.3 is 20.3 Å². The van der Waals surface area contributed by atoms with Crippen LogP contribution in [-0.2, 0) is 20.7 Å². The van der Waals surface area contributed by atoms with Crippen molar-refractivity contribution in [1.29, 1.82) is 0 Å². The molecule has 164 valence electrons. The number of aryl methyl sites for hydroxylation is 1. The van der Waals surface area contributed by atoms with Gasteiger partial charge in [-0.25, -0.2) is 0 Å². The lowest BCUT2D eigenvalue weighted by Gasteiger charge is -2.35. The van der Waals surface area contributed by atoms with E-state index in [2.05, 4.69) is 45.7 Å². The van der Waals surface area contributed by atoms with Crippen LogP contribution in [0.2, 0.25) is 0 Å². The first-order valence-corrected chi connectivity index (χ1v) is 10.8. The third kappa shape index (κ3) is 4.89. The number of hydrogen-bond donors (Lipinski definition) is 2. The number of fused-ring (bicyclic) bond motifs is 1. The molecular weight excluding hydrogens is 392 g/mol. The van der Waals surface area contributed by atoms with Gasteiger partial charge in [-0.15, -0.1) is 0 Å². The van der Waals surface area contributed by atoms with E-state index >= 15 is 0 Å². The Morgan fingerprint density at radius 2 is 1.84 bits per heavy atom. The third-order valence-corrected chi connectivity index (χ3v) is 6.16. The molecule has 31 heavy (non-hydrogen) atoms. The highest BCUT2D eigenvalue weighted by molar-refractivity contribution is 6.39. The standard InChI is InChI=1S/C24H30N4O3/c1-17-5-3-4-6-20(17)26-24(30)23(29)25-16-22(28-11-13-31-14-12-28)18-7-8-21-19(15-18)9-10-27(21)2/h3-8,15,22H,9-14,16H2,1-2H3,(H,25,29)(H,26,30)/t22-/m1/s1. The van der Waals surface area contributed by atoms with Gasteiger partial charge in [-0.3, -0.25) is 14.5 Å². The van der Waals surface area contributed by atoms with E-state index in [1.807, 2.05) is 25.1 Å². The largest absolute Gasteiger partial charge is 0.379 e. The van der Waals surface area contributed by atoms with Crippen LogP contribution < -0.4 is 15.5 Å². The molecule has 0 unspecified atom stereocenters. The number of amides is 2. The minimum atomic E-state index is -0.648. The van der Waals surface area contributed by atoms with E-state index in [-0.39, 0.29) is 6.04 Å². The van der Waals surface area contributed by atoms with Crippen molar-refractivity contribution in [2.45, 2.75) is 19.4 Å². The average Bonchev–Trinajstić information content (AvgIpc) is 3.16. The first kappa shape index (κ1) is 21.3. The van der Waals surface area contributed by atoms with E-state index in [4.69, 9.17) is 4.74 Å². The van der Waals surface area contributed by atoms with Crippen molar-refractivity contribution in [1.82, 2.24) is 10.2 Å². The Balaban J connectivity index is 1.46. The Morgan fingerprint density at radius 3 is 2.61 bits per heavy atom. The van der Waals surface area contributed by atoms with Crippen molar-refractivity contribution < 1.29 is 14.3 Å². The predicted octanol–water partition coefficient (Wildman–Crippen LogP) is 2.12. The topological polar surface area (TPSA) is 73.9 Å². The molecule has 0 aromatic heterocycles. The average molecular weight is 423 g/mol. The van der Waals surface area contributed by atoms with E-state index < -0.39 is 11.8 Å². The first-order chi connectivity index (χ1) is 15.0. The fourth-order valence-corrected chi connectivity index (χ4v) is 4.30. The zero-order valence-corrected chi connectivity index (χ0v) is 18.2. The summed E-state index contributed by atoms with van der Waals surface area (Å²) < 4.78 is 5.52. The van der Waals surface area contributed by atoms with Gasteiger partial charge in [0.15, 0.2) is 0 Å². The second-order valence-corrected chi connectivity index (χ2v) is 8.20. The molecule has 2 aromatic rings. The normalized spacial score (nSPS) is 17.2. The summed E-state index contributed by atoms with van der Waals surface area (Å²) in [5.74, 6) is -1.27. The smallest absolute Gasteiger partial charge is 0.313 e. The van der Waals surface area contributed by atoms with Crippen LogP contribution in [0.1, 0.15) is 22.7 Å². The molecule has 0 radical (unpaired) electrons. The number of benzene rings is 2. The van der Waals surface area contributed by atoms with Crippen LogP contribution >= 0.6 is 0 Å². The molecule has 2 aromatic carbocycles. The van der Waals surface area contributed by atoms with Gasteiger partial charge in [-0.2, -0.15) is 0 Å². The van der Waals surface area contributed by atoms with E-state index in [1.54, 1.807) is 6.07 Å². The molecule has 2 aliphatic rings. The molecule has 0 bridgehead atoms. The number of carbonyl (C=O) groups excluding carboxylic acids is 2. The predicted molar refractivity (Wildman–Crippen MR) is 121 cm³/mol. The van der Waals surface area contributed by atoms with Crippen LogP contribution in [0.25, 0.3) is 0 Å². The lowest BCUT2D eigenvalue weighted by atomic mass is 10.0. The number of morpholine rings is 1. The summed E-state index contributed by atoms with van der Waals surface area (Å²) in [6.07, 6.45) is 1.03. The molecule has 1 saturated heterocycles. The van der Waals surface area contributed by atoms with Gasteiger partial charge in [0.05, 0.1) is 19.3 Å². The van der Waals surface area contributed by atoms with E-state index in [0.717, 1.165) is 37.2 Å². The van der Waals surface area contributed by atoms with Crippen molar-refractivity contribution in [3.8, 4) is 0 Å². The summed E-state index contributed by atoms with van der Waals surface area (Å²) in [5.41, 5.74) is 5.33. The van der Waals surface area contributed by atoms with Gasteiger partial charge in [0.1, 0.15) is 0 Å². The summed E-state index contributed by atoms with van der Waals surface area (Å²) in [6, 6.07) is 14.0. The highest BCUT2D eigenvalue weighted by Gasteiger charge is 2.26. The molecule has 1 atom stereocenters. The number of rotatable bonds is 5. The second-order valence-electron chi connectivity index (χ2n) is 8.20. The van der Waals surface area contributed by atoms with Crippen LogP contribution in [0.5, 0.6) is 0 Å². The minimum Gasteiger partial charge on any atom is -0.379 e. The molecule has 2 aliphatic heterocycles. The van der Waals surface area contributed by atoms with Gasteiger partial charge in [0.25, 0.3) is 0 Å². The maximum absolute atomic E-state index is 12.5. The van der Waals surface area contributed by atoms with Gasteiger partial charge in [-0.1, -0.05) is 30.3 Å². The van der Waals surface area contributed by atoms with Gasteiger partial charge >= 0.3 is 11.8 Å². The molecule has 1 fully saturated rings. The number of para-hydroxylation sites is 1. The molecular formula is C24H30N4O3. The van der Waals surface area contributed by atoms with E-state index in [1.165, 1.54) is 11.3 Å². The number of nitrogens with zero attached hydrogens (tertiary/aromatic N) is 2. The summed E-state index contributed by atoms with van der Waals surface area (Å²) >= 11 is 0. The zero-order valence-electron chi connectivity index (χ0n) is 18.2. The number of likely N-dealkylation sites (N-methyl/N-ethyl adjacent to an activating group) is 1. The highest BCUT2D eigenvalue weighted by Crippen LogP contribution is 2.31. The van der Waals surface area contributed by atoms with Crippen LogP contribution in [-0.4, -0.2) is 63.2 Å². The summed E-state index contributed by atoms with van der Waals surface area (Å²) in [7, 11) is 2.11. The minimum absolute atomic E-state index is 0.00434. The van der Waals surface area contributed by atoms with Crippen molar-refractivity contribution in [3.63, 3.8) is 0 Å². The van der Waals surface area contributed by atoms with Crippen molar-refractivity contribution in [3.05, 3.63) is 59.2 Å². The molecule has 0 aliphatic carbocycles. The quantitative estimate of drug-likeness (QED) is 0.722. The van der Waals surface area contributed by atoms with Gasteiger partial charge in [0.2, 0.25) is 0 Å². The molecule has 2 amide bonds. The Labute approximate surface area is 183 Å². The summed E-state index contributed by atoms with van der Waals surface area (Å²) in [5, 5.41) is 5.55. The Hall–Kier alpha value is -2.90.